The maximum Gasteiger partial charge on any atom is 0.336 e. The molecule has 138 valence electrons. The molecule has 0 bridgehead atoms. The minimum Gasteiger partial charge on any atom is -0.508 e. The Balaban J connectivity index is 2.18. The zero-order chi connectivity index (χ0) is 19.1. The molecule has 0 saturated heterocycles. The van der Waals surface area contributed by atoms with Crippen molar-refractivity contribution in [2.24, 2.45) is 5.41 Å². The number of ether oxygens (including phenoxy) is 1. The Labute approximate surface area is 153 Å². The Hall–Kier alpha value is -2.56. The van der Waals surface area contributed by atoms with Gasteiger partial charge in [0.2, 0.25) is 0 Å². The highest BCUT2D eigenvalue weighted by atomic mass is 16.5. The standard InChI is InChI=1S/C21H25NO4/c1-5-26-20(25)17-12(2)22-15-10-21(3,4)11-16(24)19(15)18(17)13-7-6-8-14(23)9-13/h6-9,18,22-23H,5,10-11H2,1-4H3/t18-/m0/s1. The molecule has 0 aromatic heterocycles. The molecule has 3 rings (SSSR count). The first-order chi connectivity index (χ1) is 12.2. The number of ketones is 1. The predicted octanol–water partition coefficient (Wildman–Crippen LogP) is 3.56. The minimum atomic E-state index is -0.527. The van der Waals surface area contributed by atoms with Crippen LogP contribution < -0.4 is 5.32 Å². The van der Waals surface area contributed by atoms with Crippen LogP contribution in [0.2, 0.25) is 0 Å². The molecule has 2 aliphatic rings. The number of phenols is 1. The van der Waals surface area contributed by atoms with Crippen molar-refractivity contribution in [1.29, 1.82) is 0 Å². The summed E-state index contributed by atoms with van der Waals surface area (Å²) in [5.41, 5.74) is 3.20. The molecule has 1 aromatic rings. The summed E-state index contributed by atoms with van der Waals surface area (Å²) in [6, 6.07) is 6.74. The smallest absolute Gasteiger partial charge is 0.336 e. The van der Waals surface area contributed by atoms with Crippen LogP contribution in [0.3, 0.4) is 0 Å². The molecule has 0 amide bonds. The summed E-state index contributed by atoms with van der Waals surface area (Å²) in [5, 5.41) is 13.2. The van der Waals surface area contributed by atoms with Gasteiger partial charge in [-0.25, -0.2) is 4.79 Å². The number of hydrogen-bond acceptors (Lipinski definition) is 5. The third kappa shape index (κ3) is 3.26. The minimum absolute atomic E-state index is 0.0337. The average molecular weight is 355 g/mol. The van der Waals surface area contributed by atoms with Crippen molar-refractivity contribution >= 4 is 11.8 Å². The van der Waals surface area contributed by atoms with Gasteiger partial charge in [-0.3, -0.25) is 4.79 Å². The van der Waals surface area contributed by atoms with Crippen LogP contribution in [-0.4, -0.2) is 23.5 Å². The highest BCUT2D eigenvalue weighted by Crippen LogP contribution is 2.47. The predicted molar refractivity (Wildman–Crippen MR) is 98.4 cm³/mol. The Kier molecular flexibility index (Phi) is 4.65. The summed E-state index contributed by atoms with van der Waals surface area (Å²) >= 11 is 0. The molecule has 0 unspecified atom stereocenters. The van der Waals surface area contributed by atoms with Crippen molar-refractivity contribution in [3.63, 3.8) is 0 Å². The molecule has 1 atom stereocenters. The van der Waals surface area contributed by atoms with E-state index in [4.69, 9.17) is 4.74 Å². The van der Waals surface area contributed by atoms with Gasteiger partial charge in [-0.05, 0) is 43.4 Å². The number of hydrogen-bond donors (Lipinski definition) is 2. The first kappa shape index (κ1) is 18.2. The van der Waals surface area contributed by atoms with E-state index in [1.54, 1.807) is 25.1 Å². The topological polar surface area (TPSA) is 75.6 Å². The highest BCUT2D eigenvalue weighted by molar-refractivity contribution is 6.04. The third-order valence-corrected chi connectivity index (χ3v) is 4.94. The fourth-order valence-corrected chi connectivity index (χ4v) is 3.95. The van der Waals surface area contributed by atoms with E-state index in [0.717, 1.165) is 17.7 Å². The van der Waals surface area contributed by atoms with Crippen molar-refractivity contribution in [2.75, 3.05) is 6.61 Å². The van der Waals surface area contributed by atoms with Crippen LogP contribution in [0.1, 0.15) is 52.0 Å². The molecule has 2 N–H and O–H groups in total. The van der Waals surface area contributed by atoms with E-state index in [1.807, 2.05) is 13.0 Å². The fraction of sp³-hybridized carbons (Fsp3) is 0.429. The summed E-state index contributed by atoms with van der Waals surface area (Å²) in [7, 11) is 0. The largest absolute Gasteiger partial charge is 0.508 e. The van der Waals surface area contributed by atoms with Crippen LogP contribution in [0.15, 0.2) is 46.8 Å². The Bertz CT molecular complexity index is 832. The van der Waals surface area contributed by atoms with Crippen molar-refractivity contribution in [3.05, 3.63) is 52.4 Å². The van der Waals surface area contributed by atoms with Crippen LogP contribution in [0.25, 0.3) is 0 Å². The van der Waals surface area contributed by atoms with Crippen molar-refractivity contribution in [3.8, 4) is 5.75 Å². The quantitative estimate of drug-likeness (QED) is 0.811. The summed E-state index contributed by atoms with van der Waals surface area (Å²) in [5.74, 6) is -0.824. The Morgan fingerprint density at radius 3 is 2.73 bits per heavy atom. The Morgan fingerprint density at radius 2 is 2.08 bits per heavy atom. The summed E-state index contributed by atoms with van der Waals surface area (Å²) in [4.78, 5) is 25.7. The van der Waals surface area contributed by atoms with Crippen LogP contribution in [-0.2, 0) is 14.3 Å². The zero-order valence-electron chi connectivity index (χ0n) is 15.7. The summed E-state index contributed by atoms with van der Waals surface area (Å²) < 4.78 is 5.26. The average Bonchev–Trinajstić information content (AvgIpc) is 2.52. The van der Waals surface area contributed by atoms with Gasteiger partial charge in [-0.1, -0.05) is 26.0 Å². The first-order valence-electron chi connectivity index (χ1n) is 8.93. The molecule has 0 fully saturated rings. The van der Waals surface area contributed by atoms with Crippen molar-refractivity contribution in [1.82, 2.24) is 5.32 Å². The molecule has 1 aliphatic heterocycles. The first-order valence-corrected chi connectivity index (χ1v) is 8.93. The molecule has 26 heavy (non-hydrogen) atoms. The van der Waals surface area contributed by atoms with E-state index in [2.05, 4.69) is 19.2 Å². The van der Waals surface area contributed by atoms with E-state index in [-0.39, 0.29) is 23.6 Å². The summed E-state index contributed by atoms with van der Waals surface area (Å²) in [6.07, 6.45) is 1.16. The molecule has 0 radical (unpaired) electrons. The lowest BCUT2D eigenvalue weighted by atomic mass is 9.68. The van der Waals surface area contributed by atoms with Gasteiger partial charge in [-0.15, -0.1) is 0 Å². The fourth-order valence-electron chi connectivity index (χ4n) is 3.95. The number of Topliss-reactive ketones (excluding diaryl/α,β-unsaturated/α-hetero) is 1. The second-order valence-corrected chi connectivity index (χ2v) is 7.75. The number of carbonyl (C=O) groups excluding carboxylic acids is 2. The van der Waals surface area contributed by atoms with E-state index >= 15 is 0 Å². The molecule has 5 heteroatoms. The van der Waals surface area contributed by atoms with Crippen LogP contribution in [0.5, 0.6) is 5.75 Å². The molecule has 1 aliphatic carbocycles. The number of rotatable bonds is 3. The molecular formula is C21H25NO4. The number of carbonyl (C=O) groups is 2. The van der Waals surface area contributed by atoms with Crippen LogP contribution in [0, 0.1) is 5.41 Å². The van der Waals surface area contributed by atoms with E-state index in [0.29, 0.717) is 23.3 Å². The van der Waals surface area contributed by atoms with E-state index in [1.165, 1.54) is 0 Å². The number of nitrogens with one attached hydrogen (secondary N) is 1. The maximum atomic E-state index is 13.0. The molecule has 1 heterocycles. The van der Waals surface area contributed by atoms with Crippen LogP contribution >= 0.6 is 0 Å². The second kappa shape index (κ2) is 6.63. The zero-order valence-corrected chi connectivity index (χ0v) is 15.7. The van der Waals surface area contributed by atoms with Gasteiger partial charge in [-0.2, -0.15) is 0 Å². The van der Waals surface area contributed by atoms with Crippen LogP contribution in [0.4, 0.5) is 0 Å². The molecule has 5 nitrogen and oxygen atoms in total. The third-order valence-electron chi connectivity index (χ3n) is 4.94. The molecule has 1 aromatic carbocycles. The molecule has 0 saturated carbocycles. The van der Waals surface area contributed by atoms with Gasteiger partial charge in [0.15, 0.2) is 5.78 Å². The van der Waals surface area contributed by atoms with Crippen molar-refractivity contribution in [2.45, 2.75) is 46.5 Å². The Morgan fingerprint density at radius 1 is 1.35 bits per heavy atom. The van der Waals surface area contributed by atoms with Gasteiger partial charge >= 0.3 is 5.97 Å². The van der Waals surface area contributed by atoms with Gasteiger partial charge in [0, 0.05) is 29.3 Å². The number of esters is 1. The number of aromatic hydroxyl groups is 1. The second-order valence-electron chi connectivity index (χ2n) is 7.75. The number of allylic oxidation sites excluding steroid dienone is 3. The monoisotopic (exact) mass is 355 g/mol. The lowest BCUT2D eigenvalue weighted by molar-refractivity contribution is -0.138. The van der Waals surface area contributed by atoms with Gasteiger partial charge in [0.1, 0.15) is 5.75 Å². The number of phenolic OH excluding ortho intramolecular Hbond substituents is 1. The van der Waals surface area contributed by atoms with Crippen molar-refractivity contribution < 1.29 is 19.4 Å². The van der Waals surface area contributed by atoms with Gasteiger partial charge in [0.05, 0.1) is 12.2 Å². The highest BCUT2D eigenvalue weighted by Gasteiger charge is 2.43. The molecule has 0 spiro atoms. The van der Waals surface area contributed by atoms with Gasteiger partial charge in [0.25, 0.3) is 0 Å². The van der Waals surface area contributed by atoms with Gasteiger partial charge < -0.3 is 15.2 Å². The summed E-state index contributed by atoms with van der Waals surface area (Å²) in [6.45, 7) is 7.98. The van der Waals surface area contributed by atoms with E-state index in [9.17, 15) is 14.7 Å². The lowest BCUT2D eigenvalue weighted by Gasteiger charge is -2.39. The molecular weight excluding hydrogens is 330 g/mol. The maximum absolute atomic E-state index is 13.0. The number of dihydropyridines is 1. The van der Waals surface area contributed by atoms with E-state index < -0.39 is 11.9 Å². The normalized spacial score (nSPS) is 22.0. The SMILES string of the molecule is CCOC(=O)C1=C(C)NC2=C(C(=O)CC(C)(C)C2)[C@H]1c1cccc(O)c1. The lowest BCUT2D eigenvalue weighted by Crippen LogP contribution is -2.38. The number of benzene rings is 1.